The largest absolute Gasteiger partial charge is 0.466 e. The first kappa shape index (κ1) is 26.3. The Kier molecular flexibility index (Phi) is 10.5. The van der Waals surface area contributed by atoms with E-state index in [4.69, 9.17) is 23.7 Å². The number of aliphatic hydroxyl groups is 6. The van der Waals surface area contributed by atoms with E-state index in [9.17, 15) is 35.4 Å². The minimum absolute atomic E-state index is 0.0988. The van der Waals surface area contributed by atoms with E-state index >= 15 is 0 Å². The molecule has 10 atom stereocenters. The Morgan fingerprint density at radius 1 is 1.00 bits per heavy atom. The van der Waals surface area contributed by atoms with Gasteiger partial charge < -0.3 is 54.3 Å². The van der Waals surface area contributed by atoms with Crippen LogP contribution in [0.3, 0.4) is 0 Å². The van der Waals surface area contributed by atoms with Crippen molar-refractivity contribution in [3.63, 3.8) is 0 Å². The molecule has 12 nitrogen and oxygen atoms in total. The first-order valence-electron chi connectivity index (χ1n) is 10.4. The second-order valence-corrected chi connectivity index (χ2v) is 7.82. The molecule has 2 fully saturated rings. The predicted molar refractivity (Wildman–Crippen MR) is 101 cm³/mol. The summed E-state index contributed by atoms with van der Waals surface area (Å²) in [6.07, 6.45) is -12.0. The van der Waals surface area contributed by atoms with E-state index in [0.717, 1.165) is 12.8 Å². The molecule has 0 aromatic carbocycles. The summed E-state index contributed by atoms with van der Waals surface area (Å²) >= 11 is 0. The van der Waals surface area contributed by atoms with Crippen LogP contribution in [-0.2, 0) is 28.5 Å². The van der Waals surface area contributed by atoms with Crippen molar-refractivity contribution in [2.24, 2.45) is 0 Å². The van der Waals surface area contributed by atoms with Crippen LogP contribution in [0.25, 0.3) is 0 Å². The standard InChI is InChI=1S/C19H34O12/c1-3-4-5-27-12(21)6-9(2)30-19-17(26)15(24)14(23)11(31-19)8-29-18-16(25)13(22)10(20)7-28-18/h9-11,13-20,22-26H,3-8H2,1-2H3/t9-,10-,11+,13+,14-,15+,16+,17+,18-,19+/m0/s1. The SMILES string of the molecule is CCCCOC(=O)C[C@H](C)O[C@@H]1O[C@H](CO[C@@H]2OC[C@H](O)[C@@H](O)[C@H]2O)[C@H](O)[C@@H](O)[C@H]1O. The zero-order valence-electron chi connectivity index (χ0n) is 17.6. The van der Waals surface area contributed by atoms with Gasteiger partial charge in [-0.1, -0.05) is 13.3 Å². The summed E-state index contributed by atoms with van der Waals surface area (Å²) in [5.74, 6) is -0.476. The summed E-state index contributed by atoms with van der Waals surface area (Å²) in [5, 5.41) is 59.5. The average Bonchev–Trinajstić information content (AvgIpc) is 2.72. The lowest BCUT2D eigenvalue weighted by molar-refractivity contribution is -0.326. The lowest BCUT2D eigenvalue weighted by Gasteiger charge is -2.42. The van der Waals surface area contributed by atoms with Gasteiger partial charge in [0.05, 0.1) is 32.3 Å². The van der Waals surface area contributed by atoms with Crippen LogP contribution in [-0.4, -0.2) is 118 Å². The van der Waals surface area contributed by atoms with Crippen LogP contribution < -0.4 is 0 Å². The van der Waals surface area contributed by atoms with E-state index in [0.29, 0.717) is 6.61 Å². The second kappa shape index (κ2) is 12.3. The Morgan fingerprint density at radius 3 is 2.35 bits per heavy atom. The molecular formula is C19H34O12. The Bertz CT molecular complexity index is 548. The molecule has 0 unspecified atom stereocenters. The highest BCUT2D eigenvalue weighted by atomic mass is 16.7. The van der Waals surface area contributed by atoms with Crippen molar-refractivity contribution >= 4 is 5.97 Å². The number of carbonyl (C=O) groups is 1. The molecule has 2 aliphatic rings. The third-order valence-electron chi connectivity index (χ3n) is 5.13. The second-order valence-electron chi connectivity index (χ2n) is 7.82. The minimum Gasteiger partial charge on any atom is -0.466 e. The summed E-state index contributed by atoms with van der Waals surface area (Å²) in [6, 6.07) is 0. The third-order valence-corrected chi connectivity index (χ3v) is 5.13. The highest BCUT2D eigenvalue weighted by molar-refractivity contribution is 5.69. The van der Waals surface area contributed by atoms with Gasteiger partial charge in [-0.2, -0.15) is 0 Å². The molecular weight excluding hydrogens is 420 g/mol. The van der Waals surface area contributed by atoms with Crippen LogP contribution in [0.5, 0.6) is 0 Å². The van der Waals surface area contributed by atoms with Crippen molar-refractivity contribution < 1.29 is 59.1 Å². The number of ether oxygens (including phenoxy) is 5. The smallest absolute Gasteiger partial charge is 0.308 e. The van der Waals surface area contributed by atoms with Crippen molar-refractivity contribution in [2.75, 3.05) is 19.8 Å². The predicted octanol–water partition coefficient (Wildman–Crippen LogP) is -2.61. The number of carbonyl (C=O) groups excluding carboxylic acids is 1. The van der Waals surface area contributed by atoms with E-state index < -0.39 is 67.4 Å². The molecule has 12 heteroatoms. The molecule has 0 aromatic heterocycles. The Balaban J connectivity index is 1.87. The van der Waals surface area contributed by atoms with Gasteiger partial charge in [-0.15, -0.1) is 0 Å². The van der Waals surface area contributed by atoms with E-state index in [2.05, 4.69) is 0 Å². The van der Waals surface area contributed by atoms with Gasteiger partial charge in [0.15, 0.2) is 12.6 Å². The molecule has 0 aliphatic carbocycles. The number of hydrogen-bond acceptors (Lipinski definition) is 12. The summed E-state index contributed by atoms with van der Waals surface area (Å²) < 4.78 is 26.5. The van der Waals surface area contributed by atoms with Gasteiger partial charge >= 0.3 is 5.97 Å². The van der Waals surface area contributed by atoms with E-state index in [1.807, 2.05) is 6.92 Å². The highest BCUT2D eigenvalue weighted by Crippen LogP contribution is 2.25. The van der Waals surface area contributed by atoms with Crippen LogP contribution in [0.15, 0.2) is 0 Å². The van der Waals surface area contributed by atoms with Crippen LogP contribution in [0.1, 0.15) is 33.1 Å². The van der Waals surface area contributed by atoms with Crippen molar-refractivity contribution in [3.05, 3.63) is 0 Å². The maximum Gasteiger partial charge on any atom is 0.308 e. The van der Waals surface area contributed by atoms with Gasteiger partial charge in [0.25, 0.3) is 0 Å². The number of aliphatic hydroxyl groups excluding tert-OH is 6. The lowest BCUT2D eigenvalue weighted by atomic mass is 9.99. The zero-order chi connectivity index (χ0) is 23.1. The summed E-state index contributed by atoms with van der Waals surface area (Å²) in [5.41, 5.74) is 0. The first-order valence-corrected chi connectivity index (χ1v) is 10.4. The van der Waals surface area contributed by atoms with Crippen LogP contribution in [0.2, 0.25) is 0 Å². The fourth-order valence-corrected chi connectivity index (χ4v) is 3.18. The van der Waals surface area contributed by atoms with Crippen LogP contribution >= 0.6 is 0 Å². The lowest BCUT2D eigenvalue weighted by Crippen LogP contribution is -2.60. The molecule has 0 spiro atoms. The zero-order valence-corrected chi connectivity index (χ0v) is 17.6. The molecule has 0 amide bonds. The van der Waals surface area contributed by atoms with E-state index in [1.165, 1.54) is 0 Å². The van der Waals surface area contributed by atoms with Crippen LogP contribution in [0.4, 0.5) is 0 Å². The molecule has 0 bridgehead atoms. The maximum atomic E-state index is 11.8. The normalized spacial score (nSPS) is 39.8. The van der Waals surface area contributed by atoms with Crippen LogP contribution in [0, 0.1) is 0 Å². The van der Waals surface area contributed by atoms with Gasteiger partial charge in [-0.3, -0.25) is 4.79 Å². The van der Waals surface area contributed by atoms with Crippen molar-refractivity contribution in [1.82, 2.24) is 0 Å². The molecule has 0 aromatic rings. The number of esters is 1. The number of hydrogen-bond donors (Lipinski definition) is 6. The molecule has 2 saturated heterocycles. The topological polar surface area (TPSA) is 185 Å². The van der Waals surface area contributed by atoms with Gasteiger partial charge in [0, 0.05) is 0 Å². The summed E-state index contributed by atoms with van der Waals surface area (Å²) in [7, 11) is 0. The molecule has 0 radical (unpaired) electrons. The summed E-state index contributed by atoms with van der Waals surface area (Å²) in [4.78, 5) is 11.8. The Labute approximate surface area is 180 Å². The molecule has 182 valence electrons. The van der Waals surface area contributed by atoms with Gasteiger partial charge in [0.1, 0.15) is 42.7 Å². The van der Waals surface area contributed by atoms with Crippen molar-refractivity contribution in [1.29, 1.82) is 0 Å². The maximum absolute atomic E-state index is 11.8. The number of unbranched alkanes of at least 4 members (excludes halogenated alkanes) is 1. The van der Waals surface area contributed by atoms with E-state index in [1.54, 1.807) is 6.92 Å². The molecule has 31 heavy (non-hydrogen) atoms. The Morgan fingerprint density at radius 2 is 1.68 bits per heavy atom. The van der Waals surface area contributed by atoms with Gasteiger partial charge in [-0.05, 0) is 13.3 Å². The molecule has 2 heterocycles. The average molecular weight is 454 g/mol. The van der Waals surface area contributed by atoms with Gasteiger partial charge in [0.2, 0.25) is 0 Å². The first-order chi connectivity index (χ1) is 14.6. The van der Waals surface area contributed by atoms with Gasteiger partial charge in [-0.25, -0.2) is 0 Å². The highest BCUT2D eigenvalue weighted by Gasteiger charge is 2.46. The fraction of sp³-hybridized carbons (Fsp3) is 0.947. The quantitative estimate of drug-likeness (QED) is 0.149. The van der Waals surface area contributed by atoms with E-state index in [-0.39, 0.29) is 19.6 Å². The summed E-state index contributed by atoms with van der Waals surface area (Å²) in [6.45, 7) is 3.18. The molecule has 2 rings (SSSR count). The molecule has 2 aliphatic heterocycles. The fourth-order valence-electron chi connectivity index (χ4n) is 3.18. The minimum atomic E-state index is -1.62. The van der Waals surface area contributed by atoms with Crippen molar-refractivity contribution in [2.45, 2.75) is 94.5 Å². The molecule has 0 saturated carbocycles. The number of rotatable bonds is 10. The van der Waals surface area contributed by atoms with Crippen molar-refractivity contribution in [3.8, 4) is 0 Å². The third kappa shape index (κ3) is 7.29. The monoisotopic (exact) mass is 454 g/mol. The molecule has 6 N–H and O–H groups in total. The Hall–Kier alpha value is -0.930.